The van der Waals surface area contributed by atoms with Crippen LogP contribution in [0.4, 0.5) is 13.2 Å². The molecule has 0 fully saturated rings. The number of hydrogen-bond acceptors (Lipinski definition) is 3. The minimum Gasteiger partial charge on any atom is -0.492 e. The number of amides is 1. The van der Waals surface area contributed by atoms with E-state index in [0.717, 1.165) is 11.6 Å². The van der Waals surface area contributed by atoms with Crippen molar-refractivity contribution >= 4 is 5.91 Å². The fraction of sp³-hybridized carbons (Fsp3) is 0.250. The van der Waals surface area contributed by atoms with Crippen LogP contribution in [0.15, 0.2) is 41.2 Å². The highest BCUT2D eigenvalue weighted by molar-refractivity contribution is 5.92. The van der Waals surface area contributed by atoms with Crippen LogP contribution in [0.1, 0.15) is 21.6 Å². The maximum Gasteiger partial charge on any atom is 0.431 e. The van der Waals surface area contributed by atoms with E-state index >= 15 is 0 Å². The first-order valence-electron chi connectivity index (χ1n) is 7.00. The van der Waals surface area contributed by atoms with Crippen molar-refractivity contribution in [1.82, 2.24) is 4.57 Å². The Kier molecular flexibility index (Phi) is 4.96. The standard InChI is InChI=1S/C16H15F3N2O3/c1-10-3-2-4-11(9-10)24-8-7-21-13(16(17,18)19)6-5-12(14(20)22)15(21)23/h2-6,9H,7-8H2,1H3,(H2,20,22). The summed E-state index contributed by atoms with van der Waals surface area (Å²) in [5, 5.41) is 0. The van der Waals surface area contributed by atoms with E-state index in [1.807, 2.05) is 13.0 Å². The monoisotopic (exact) mass is 340 g/mol. The van der Waals surface area contributed by atoms with E-state index in [-0.39, 0.29) is 13.2 Å². The average Bonchev–Trinajstić information content (AvgIpc) is 2.47. The molecule has 2 N–H and O–H groups in total. The number of aryl methyl sites for hydroxylation is 1. The van der Waals surface area contributed by atoms with Crippen LogP contribution in [0.5, 0.6) is 5.75 Å². The molecule has 0 bridgehead atoms. The molecule has 0 atom stereocenters. The number of alkyl halides is 3. The van der Waals surface area contributed by atoms with Crippen LogP contribution in [0, 0.1) is 6.92 Å². The van der Waals surface area contributed by atoms with Gasteiger partial charge in [-0.25, -0.2) is 0 Å². The van der Waals surface area contributed by atoms with Gasteiger partial charge in [0.2, 0.25) is 0 Å². The Hall–Kier alpha value is -2.77. The van der Waals surface area contributed by atoms with Crippen LogP contribution in [0.25, 0.3) is 0 Å². The second kappa shape index (κ2) is 6.77. The van der Waals surface area contributed by atoms with E-state index in [1.165, 1.54) is 0 Å². The van der Waals surface area contributed by atoms with Crippen LogP contribution < -0.4 is 16.0 Å². The fourth-order valence-corrected chi connectivity index (χ4v) is 2.20. The van der Waals surface area contributed by atoms with E-state index in [0.29, 0.717) is 16.4 Å². The molecule has 2 aromatic rings. The quantitative estimate of drug-likeness (QED) is 0.908. The Labute approximate surface area is 135 Å². The summed E-state index contributed by atoms with van der Waals surface area (Å²) < 4.78 is 45.0. The zero-order valence-corrected chi connectivity index (χ0v) is 12.8. The number of nitrogens with zero attached hydrogens (tertiary/aromatic N) is 1. The van der Waals surface area contributed by atoms with Gasteiger partial charge in [-0.2, -0.15) is 13.2 Å². The smallest absolute Gasteiger partial charge is 0.431 e. The Morgan fingerprint density at radius 3 is 2.54 bits per heavy atom. The van der Waals surface area contributed by atoms with E-state index in [1.54, 1.807) is 18.2 Å². The largest absolute Gasteiger partial charge is 0.492 e. The molecule has 0 saturated carbocycles. The number of aromatic nitrogens is 1. The van der Waals surface area contributed by atoms with Crippen LogP contribution in [-0.4, -0.2) is 17.1 Å². The second-order valence-corrected chi connectivity index (χ2v) is 5.12. The van der Waals surface area contributed by atoms with Gasteiger partial charge in [-0.1, -0.05) is 12.1 Å². The molecule has 128 valence electrons. The third-order valence-electron chi connectivity index (χ3n) is 3.30. The number of rotatable bonds is 5. The molecule has 0 aliphatic rings. The Morgan fingerprint density at radius 2 is 1.96 bits per heavy atom. The first-order valence-corrected chi connectivity index (χ1v) is 7.00. The van der Waals surface area contributed by atoms with Crippen LogP contribution in [0.2, 0.25) is 0 Å². The van der Waals surface area contributed by atoms with E-state index in [9.17, 15) is 22.8 Å². The topological polar surface area (TPSA) is 74.3 Å². The lowest BCUT2D eigenvalue weighted by molar-refractivity contribution is -0.144. The minimum atomic E-state index is -4.74. The van der Waals surface area contributed by atoms with E-state index in [2.05, 4.69) is 0 Å². The molecule has 0 spiro atoms. The van der Waals surface area contributed by atoms with E-state index in [4.69, 9.17) is 10.5 Å². The molecule has 0 unspecified atom stereocenters. The maximum atomic E-state index is 13.0. The van der Waals surface area contributed by atoms with Crippen molar-refractivity contribution < 1.29 is 22.7 Å². The van der Waals surface area contributed by atoms with Gasteiger partial charge < -0.3 is 15.0 Å². The van der Waals surface area contributed by atoms with Crippen molar-refractivity contribution in [2.75, 3.05) is 6.61 Å². The number of carbonyl (C=O) groups excluding carboxylic acids is 1. The van der Waals surface area contributed by atoms with E-state index < -0.39 is 28.9 Å². The Balaban J connectivity index is 2.28. The molecule has 1 amide bonds. The predicted molar refractivity (Wildman–Crippen MR) is 80.9 cm³/mol. The SMILES string of the molecule is Cc1cccc(OCCn2c(C(F)(F)F)ccc(C(N)=O)c2=O)c1. The molecule has 5 nitrogen and oxygen atoms in total. The third kappa shape index (κ3) is 3.95. The van der Waals surface area contributed by atoms with Crippen LogP contribution >= 0.6 is 0 Å². The number of pyridine rings is 1. The van der Waals surface area contributed by atoms with Gasteiger partial charge in [0.05, 0.1) is 6.54 Å². The molecule has 8 heteroatoms. The molecular formula is C16H15F3N2O3. The van der Waals surface area contributed by atoms with Crippen molar-refractivity contribution in [3.05, 3.63) is 63.6 Å². The van der Waals surface area contributed by atoms with Gasteiger partial charge in [-0.05, 0) is 36.8 Å². The van der Waals surface area contributed by atoms with Crippen molar-refractivity contribution in [2.45, 2.75) is 19.6 Å². The number of primary amides is 1. The van der Waals surface area contributed by atoms with Crippen molar-refractivity contribution in [3.8, 4) is 5.75 Å². The lowest BCUT2D eigenvalue weighted by atomic mass is 10.2. The number of hydrogen-bond donors (Lipinski definition) is 1. The predicted octanol–water partition coefficient (Wildman–Crippen LogP) is 2.35. The number of nitrogens with two attached hydrogens (primary N) is 1. The van der Waals surface area contributed by atoms with Crippen molar-refractivity contribution in [1.29, 1.82) is 0 Å². The average molecular weight is 340 g/mol. The van der Waals surface area contributed by atoms with Gasteiger partial charge in [0.25, 0.3) is 11.5 Å². The van der Waals surface area contributed by atoms with Gasteiger partial charge in [0.1, 0.15) is 23.6 Å². The zero-order chi connectivity index (χ0) is 17.9. The second-order valence-electron chi connectivity index (χ2n) is 5.12. The summed E-state index contributed by atoms with van der Waals surface area (Å²) in [5.41, 5.74) is 3.19. The molecule has 0 aliphatic heterocycles. The Bertz CT molecular complexity index is 813. The van der Waals surface area contributed by atoms with Gasteiger partial charge >= 0.3 is 6.18 Å². The first-order chi connectivity index (χ1) is 11.2. The maximum absolute atomic E-state index is 13.0. The summed E-state index contributed by atoms with van der Waals surface area (Å²) in [6, 6.07) is 8.40. The molecule has 24 heavy (non-hydrogen) atoms. The lowest BCUT2D eigenvalue weighted by Gasteiger charge is -2.16. The van der Waals surface area contributed by atoms with Gasteiger partial charge in [0.15, 0.2) is 0 Å². The van der Waals surface area contributed by atoms with Gasteiger partial charge in [-0.15, -0.1) is 0 Å². The van der Waals surface area contributed by atoms with Gasteiger partial charge in [-0.3, -0.25) is 9.59 Å². The summed E-state index contributed by atoms with van der Waals surface area (Å²) in [4.78, 5) is 23.2. The fourth-order valence-electron chi connectivity index (χ4n) is 2.20. The highest BCUT2D eigenvalue weighted by atomic mass is 19.4. The zero-order valence-electron chi connectivity index (χ0n) is 12.8. The summed E-state index contributed by atoms with van der Waals surface area (Å²) in [6.07, 6.45) is -4.74. The summed E-state index contributed by atoms with van der Waals surface area (Å²) in [6.45, 7) is 1.30. The van der Waals surface area contributed by atoms with Crippen LogP contribution in [0.3, 0.4) is 0 Å². The minimum absolute atomic E-state index is 0.172. The molecule has 1 aromatic carbocycles. The molecule has 0 radical (unpaired) electrons. The summed E-state index contributed by atoms with van der Waals surface area (Å²) in [7, 11) is 0. The highest BCUT2D eigenvalue weighted by Gasteiger charge is 2.35. The molecule has 1 heterocycles. The number of ether oxygens (including phenoxy) is 1. The normalized spacial score (nSPS) is 11.3. The van der Waals surface area contributed by atoms with Crippen molar-refractivity contribution in [3.63, 3.8) is 0 Å². The van der Waals surface area contributed by atoms with Crippen LogP contribution in [-0.2, 0) is 12.7 Å². The summed E-state index contributed by atoms with van der Waals surface area (Å²) in [5.74, 6) is -0.607. The highest BCUT2D eigenvalue weighted by Crippen LogP contribution is 2.28. The first kappa shape index (κ1) is 17.6. The lowest BCUT2D eigenvalue weighted by Crippen LogP contribution is -2.35. The Morgan fingerprint density at radius 1 is 1.25 bits per heavy atom. The molecule has 0 aliphatic carbocycles. The third-order valence-corrected chi connectivity index (χ3v) is 3.30. The number of benzene rings is 1. The molecular weight excluding hydrogens is 325 g/mol. The summed E-state index contributed by atoms with van der Waals surface area (Å²) >= 11 is 0. The molecule has 0 saturated heterocycles. The van der Waals surface area contributed by atoms with Gasteiger partial charge in [0, 0.05) is 0 Å². The number of carbonyl (C=O) groups is 1. The van der Waals surface area contributed by atoms with Crippen molar-refractivity contribution in [2.24, 2.45) is 5.73 Å². The number of halogens is 3. The molecule has 1 aromatic heterocycles. The molecule has 2 rings (SSSR count).